The van der Waals surface area contributed by atoms with Crippen LogP contribution < -0.4 is 5.73 Å². The molecule has 2 rings (SSSR count). The third-order valence-corrected chi connectivity index (χ3v) is 2.73. The summed E-state index contributed by atoms with van der Waals surface area (Å²) < 4.78 is 0. The van der Waals surface area contributed by atoms with Gasteiger partial charge in [0.15, 0.2) is 0 Å². The highest BCUT2D eigenvalue weighted by atomic mass is 16.6. The number of hydrogen-bond acceptors (Lipinski definition) is 5. The SMILES string of the molecule is Nc1nc(C2CCCC2)ncc1[N+](=O)[O-]. The Morgan fingerprint density at radius 2 is 2.13 bits per heavy atom. The summed E-state index contributed by atoms with van der Waals surface area (Å²) in [6.45, 7) is 0. The molecule has 80 valence electrons. The number of nitrogens with zero attached hydrogens (tertiary/aromatic N) is 3. The van der Waals surface area contributed by atoms with Crippen LogP contribution in [0.1, 0.15) is 37.4 Å². The highest BCUT2D eigenvalue weighted by molar-refractivity contribution is 5.50. The van der Waals surface area contributed by atoms with Gasteiger partial charge in [0, 0.05) is 5.92 Å². The van der Waals surface area contributed by atoms with Gasteiger partial charge in [0.25, 0.3) is 0 Å². The summed E-state index contributed by atoms with van der Waals surface area (Å²) in [6, 6.07) is 0. The Labute approximate surface area is 86.7 Å². The highest BCUT2D eigenvalue weighted by Gasteiger charge is 2.22. The lowest BCUT2D eigenvalue weighted by molar-refractivity contribution is -0.384. The van der Waals surface area contributed by atoms with E-state index in [0.29, 0.717) is 11.7 Å². The molecule has 1 saturated carbocycles. The number of nitro groups is 1. The number of rotatable bonds is 2. The van der Waals surface area contributed by atoms with E-state index in [1.54, 1.807) is 0 Å². The molecule has 0 unspecified atom stereocenters. The van der Waals surface area contributed by atoms with Crippen molar-refractivity contribution in [3.05, 3.63) is 22.1 Å². The first kappa shape index (κ1) is 9.82. The van der Waals surface area contributed by atoms with Gasteiger partial charge in [0.05, 0.1) is 4.92 Å². The first-order valence-electron chi connectivity index (χ1n) is 4.95. The normalized spacial score (nSPS) is 16.8. The van der Waals surface area contributed by atoms with E-state index in [9.17, 15) is 10.1 Å². The molecule has 1 aromatic heterocycles. The smallest absolute Gasteiger partial charge is 0.329 e. The van der Waals surface area contributed by atoms with Gasteiger partial charge >= 0.3 is 5.69 Å². The molecule has 6 nitrogen and oxygen atoms in total. The molecule has 0 atom stereocenters. The number of aromatic nitrogens is 2. The maximum Gasteiger partial charge on any atom is 0.329 e. The maximum absolute atomic E-state index is 10.5. The molecule has 2 N–H and O–H groups in total. The molecular weight excluding hydrogens is 196 g/mol. The second-order valence-electron chi connectivity index (χ2n) is 3.74. The standard InChI is InChI=1S/C9H12N4O2/c10-8-7(13(14)15)5-11-9(12-8)6-3-1-2-4-6/h5-6H,1-4H2,(H2,10,11,12). The maximum atomic E-state index is 10.5. The van der Waals surface area contributed by atoms with E-state index >= 15 is 0 Å². The summed E-state index contributed by atoms with van der Waals surface area (Å²) in [5, 5.41) is 10.5. The molecule has 0 bridgehead atoms. The van der Waals surface area contributed by atoms with E-state index in [1.807, 2.05) is 0 Å². The minimum Gasteiger partial charge on any atom is -0.378 e. The largest absolute Gasteiger partial charge is 0.378 e. The average molecular weight is 208 g/mol. The van der Waals surface area contributed by atoms with Crippen LogP contribution in [0.25, 0.3) is 0 Å². The summed E-state index contributed by atoms with van der Waals surface area (Å²) in [7, 11) is 0. The van der Waals surface area contributed by atoms with Crippen LogP contribution in [0.3, 0.4) is 0 Å². The first-order chi connectivity index (χ1) is 7.18. The fourth-order valence-electron chi connectivity index (χ4n) is 1.92. The van der Waals surface area contributed by atoms with Gasteiger partial charge in [-0.2, -0.15) is 0 Å². The molecule has 0 aliphatic heterocycles. The minimum atomic E-state index is -0.562. The van der Waals surface area contributed by atoms with Crippen LogP contribution in [0.15, 0.2) is 6.20 Å². The zero-order chi connectivity index (χ0) is 10.8. The number of hydrogen-bond donors (Lipinski definition) is 1. The number of anilines is 1. The lowest BCUT2D eigenvalue weighted by Gasteiger charge is -2.06. The van der Waals surface area contributed by atoms with E-state index in [-0.39, 0.29) is 11.5 Å². The van der Waals surface area contributed by atoms with E-state index in [4.69, 9.17) is 5.73 Å². The van der Waals surface area contributed by atoms with Crippen molar-refractivity contribution in [1.82, 2.24) is 9.97 Å². The molecule has 6 heteroatoms. The van der Waals surface area contributed by atoms with Crippen molar-refractivity contribution in [1.29, 1.82) is 0 Å². The van der Waals surface area contributed by atoms with E-state index in [1.165, 1.54) is 19.0 Å². The Morgan fingerprint density at radius 3 is 2.67 bits per heavy atom. The molecule has 0 saturated heterocycles. The van der Waals surface area contributed by atoms with Crippen LogP contribution in [0.4, 0.5) is 11.5 Å². The second-order valence-corrected chi connectivity index (χ2v) is 3.74. The molecule has 0 amide bonds. The van der Waals surface area contributed by atoms with Gasteiger partial charge in [0.2, 0.25) is 5.82 Å². The summed E-state index contributed by atoms with van der Waals surface area (Å²) in [6.07, 6.45) is 5.65. The van der Waals surface area contributed by atoms with Crippen molar-refractivity contribution in [2.75, 3.05) is 5.73 Å². The Kier molecular flexibility index (Phi) is 2.49. The van der Waals surface area contributed by atoms with Gasteiger partial charge in [-0.15, -0.1) is 0 Å². The lowest BCUT2D eigenvalue weighted by Crippen LogP contribution is -2.06. The Bertz CT molecular complexity index is 388. The van der Waals surface area contributed by atoms with Crippen LogP contribution >= 0.6 is 0 Å². The molecular formula is C9H12N4O2. The van der Waals surface area contributed by atoms with Gasteiger partial charge in [-0.1, -0.05) is 12.8 Å². The highest BCUT2D eigenvalue weighted by Crippen LogP contribution is 2.33. The van der Waals surface area contributed by atoms with Gasteiger partial charge in [-0.25, -0.2) is 9.97 Å². The van der Waals surface area contributed by atoms with Crippen LogP contribution in [0.5, 0.6) is 0 Å². The zero-order valence-electron chi connectivity index (χ0n) is 8.22. The van der Waals surface area contributed by atoms with Crippen molar-refractivity contribution in [3.8, 4) is 0 Å². The van der Waals surface area contributed by atoms with Crippen molar-refractivity contribution in [2.24, 2.45) is 0 Å². The molecule has 0 spiro atoms. The Balaban J connectivity index is 2.28. The van der Waals surface area contributed by atoms with Crippen LogP contribution in [-0.4, -0.2) is 14.9 Å². The monoisotopic (exact) mass is 208 g/mol. The van der Waals surface area contributed by atoms with Crippen molar-refractivity contribution in [3.63, 3.8) is 0 Å². The summed E-state index contributed by atoms with van der Waals surface area (Å²) in [4.78, 5) is 17.9. The van der Waals surface area contributed by atoms with Crippen LogP contribution in [0.2, 0.25) is 0 Å². The predicted molar refractivity (Wildman–Crippen MR) is 54.3 cm³/mol. The van der Waals surface area contributed by atoms with Crippen molar-refractivity contribution in [2.45, 2.75) is 31.6 Å². The Hall–Kier alpha value is -1.72. The summed E-state index contributed by atoms with van der Waals surface area (Å²) >= 11 is 0. The quantitative estimate of drug-likeness (QED) is 0.588. The molecule has 1 aliphatic rings. The van der Waals surface area contributed by atoms with Crippen molar-refractivity contribution >= 4 is 11.5 Å². The first-order valence-corrected chi connectivity index (χ1v) is 4.95. The van der Waals surface area contributed by atoms with Gasteiger partial charge in [-0.3, -0.25) is 10.1 Å². The molecule has 1 aromatic rings. The van der Waals surface area contributed by atoms with Gasteiger partial charge < -0.3 is 5.73 Å². The molecule has 1 heterocycles. The van der Waals surface area contributed by atoms with Gasteiger partial charge in [0.1, 0.15) is 12.0 Å². The summed E-state index contributed by atoms with van der Waals surface area (Å²) in [5.41, 5.74) is 5.29. The molecule has 0 radical (unpaired) electrons. The second kappa shape index (κ2) is 3.80. The van der Waals surface area contributed by atoms with Gasteiger partial charge in [-0.05, 0) is 12.8 Å². The topological polar surface area (TPSA) is 94.9 Å². The van der Waals surface area contributed by atoms with Crippen LogP contribution in [0, 0.1) is 10.1 Å². The fraction of sp³-hybridized carbons (Fsp3) is 0.556. The molecule has 0 aromatic carbocycles. The third kappa shape index (κ3) is 1.88. The minimum absolute atomic E-state index is 0.0306. The zero-order valence-corrected chi connectivity index (χ0v) is 8.22. The Morgan fingerprint density at radius 1 is 1.47 bits per heavy atom. The molecule has 15 heavy (non-hydrogen) atoms. The molecule has 1 fully saturated rings. The van der Waals surface area contributed by atoms with E-state index in [2.05, 4.69) is 9.97 Å². The van der Waals surface area contributed by atoms with Crippen molar-refractivity contribution < 1.29 is 4.92 Å². The van der Waals surface area contributed by atoms with E-state index < -0.39 is 4.92 Å². The lowest BCUT2D eigenvalue weighted by atomic mass is 10.1. The third-order valence-electron chi connectivity index (χ3n) is 2.73. The van der Waals surface area contributed by atoms with Crippen LogP contribution in [-0.2, 0) is 0 Å². The average Bonchev–Trinajstić information content (AvgIpc) is 2.69. The predicted octanol–water partition coefficient (Wildman–Crippen LogP) is 1.62. The summed E-state index contributed by atoms with van der Waals surface area (Å²) in [5.74, 6) is 0.945. The molecule has 1 aliphatic carbocycles. The fourth-order valence-corrected chi connectivity index (χ4v) is 1.92. The van der Waals surface area contributed by atoms with E-state index in [0.717, 1.165) is 12.8 Å². The number of nitrogen functional groups attached to an aromatic ring is 1. The number of nitrogens with two attached hydrogens (primary N) is 1.